The van der Waals surface area contributed by atoms with E-state index in [1.165, 1.54) is 6.07 Å². The molecule has 3 atom stereocenters. The molecule has 0 aliphatic carbocycles. The Morgan fingerprint density at radius 2 is 2.08 bits per heavy atom. The fraction of sp³-hybridized carbons (Fsp3) is 0.647. The highest BCUT2D eigenvalue weighted by atomic mass is 16.6. The van der Waals surface area contributed by atoms with Gasteiger partial charge in [-0.1, -0.05) is 0 Å². The van der Waals surface area contributed by atoms with Crippen molar-refractivity contribution in [3.63, 3.8) is 0 Å². The maximum absolute atomic E-state index is 12.5. The van der Waals surface area contributed by atoms with Crippen molar-refractivity contribution in [3.8, 4) is 0 Å². The summed E-state index contributed by atoms with van der Waals surface area (Å²) >= 11 is 0. The van der Waals surface area contributed by atoms with Crippen LogP contribution in [0, 0.1) is 23.0 Å². The lowest BCUT2D eigenvalue weighted by Crippen LogP contribution is -2.37. The summed E-state index contributed by atoms with van der Waals surface area (Å²) in [5.74, 6) is 0.412. The summed E-state index contributed by atoms with van der Waals surface area (Å²) in [5, 5.41) is 11.0. The van der Waals surface area contributed by atoms with Gasteiger partial charge in [0.15, 0.2) is 0 Å². The Morgan fingerprint density at radius 1 is 1.38 bits per heavy atom. The summed E-state index contributed by atoms with van der Waals surface area (Å²) < 4.78 is 5.56. The molecule has 0 saturated carbocycles. The lowest BCUT2D eigenvalue weighted by molar-refractivity contribution is -0.385. The van der Waals surface area contributed by atoms with Gasteiger partial charge in [0.2, 0.25) is 0 Å². The minimum atomic E-state index is -0.494. The molecule has 3 heterocycles. The van der Waals surface area contributed by atoms with Crippen LogP contribution < -0.4 is 4.90 Å². The van der Waals surface area contributed by atoms with E-state index in [9.17, 15) is 14.9 Å². The third-order valence-corrected chi connectivity index (χ3v) is 4.75. The molecule has 7 nitrogen and oxygen atoms in total. The van der Waals surface area contributed by atoms with E-state index in [0.717, 1.165) is 25.1 Å². The van der Waals surface area contributed by atoms with Gasteiger partial charge < -0.3 is 9.64 Å². The Balaban J connectivity index is 1.82. The number of hydrogen-bond acceptors (Lipinski definition) is 6. The molecule has 2 saturated heterocycles. The van der Waals surface area contributed by atoms with E-state index in [0.29, 0.717) is 5.69 Å². The molecule has 0 N–H and O–H groups in total. The first-order valence-corrected chi connectivity index (χ1v) is 8.30. The first-order chi connectivity index (χ1) is 11.2. The van der Waals surface area contributed by atoms with Crippen LogP contribution in [0.4, 0.5) is 11.5 Å². The van der Waals surface area contributed by atoms with E-state index in [1.54, 1.807) is 13.0 Å². The maximum atomic E-state index is 12.5. The van der Waals surface area contributed by atoms with Gasteiger partial charge in [0.25, 0.3) is 5.69 Å². The molecule has 0 spiro atoms. The topological polar surface area (TPSA) is 85.6 Å². The van der Waals surface area contributed by atoms with Crippen molar-refractivity contribution in [1.82, 2.24) is 4.98 Å². The number of esters is 1. The number of carbonyl (C=O) groups is 1. The van der Waals surface area contributed by atoms with E-state index in [2.05, 4.69) is 9.88 Å². The maximum Gasteiger partial charge on any atom is 0.311 e. The largest absolute Gasteiger partial charge is 0.460 e. The summed E-state index contributed by atoms with van der Waals surface area (Å²) in [7, 11) is 0. The number of aryl methyl sites for hydroxylation is 1. The van der Waals surface area contributed by atoms with Crippen molar-refractivity contribution < 1.29 is 14.5 Å². The lowest BCUT2D eigenvalue weighted by atomic mass is 9.89. The molecule has 3 rings (SSSR count). The van der Waals surface area contributed by atoms with Gasteiger partial charge in [-0.25, -0.2) is 4.98 Å². The van der Waals surface area contributed by atoms with Crippen LogP contribution in [0.15, 0.2) is 12.1 Å². The Labute approximate surface area is 141 Å². The smallest absolute Gasteiger partial charge is 0.311 e. The third kappa shape index (κ3) is 2.95. The Hall–Kier alpha value is -2.18. The summed E-state index contributed by atoms with van der Waals surface area (Å²) in [6.07, 6.45) is 2.70. The molecule has 0 radical (unpaired) electrons. The van der Waals surface area contributed by atoms with Gasteiger partial charge in [-0.15, -0.1) is 0 Å². The molecule has 2 fully saturated rings. The Kier molecular flexibility index (Phi) is 3.97. The minimum absolute atomic E-state index is 0.0222. The van der Waals surface area contributed by atoms with Crippen LogP contribution in [0.3, 0.4) is 0 Å². The second kappa shape index (κ2) is 5.72. The number of ether oxygens (including phenoxy) is 1. The van der Waals surface area contributed by atoms with E-state index in [4.69, 9.17) is 4.74 Å². The van der Waals surface area contributed by atoms with Gasteiger partial charge in [0.05, 0.1) is 10.8 Å². The Morgan fingerprint density at radius 3 is 2.67 bits per heavy atom. The molecule has 1 aromatic heterocycles. The average Bonchev–Trinajstić information content (AvgIpc) is 3.02. The SMILES string of the molecule is Cc1nc(N2[C@H]3CC[C@H]2[C@H](C(=O)OC(C)(C)C)C3)ccc1[N+](=O)[O-]. The molecule has 0 unspecified atom stereocenters. The van der Waals surface area contributed by atoms with Crippen LogP contribution in [0.2, 0.25) is 0 Å². The van der Waals surface area contributed by atoms with E-state index in [1.807, 2.05) is 20.8 Å². The van der Waals surface area contributed by atoms with Crippen LogP contribution in [0.25, 0.3) is 0 Å². The van der Waals surface area contributed by atoms with Crippen LogP contribution in [0.5, 0.6) is 0 Å². The third-order valence-electron chi connectivity index (χ3n) is 4.75. The number of rotatable bonds is 3. The molecule has 0 aromatic carbocycles. The summed E-state index contributed by atoms with van der Waals surface area (Å²) in [5.41, 5.74) is -0.0713. The second-order valence-corrected chi connectivity index (χ2v) is 7.61. The summed E-state index contributed by atoms with van der Waals surface area (Å²) in [4.78, 5) is 29.6. The van der Waals surface area contributed by atoms with Crippen LogP contribution in [-0.4, -0.2) is 33.6 Å². The predicted molar refractivity (Wildman–Crippen MR) is 88.9 cm³/mol. The quantitative estimate of drug-likeness (QED) is 0.480. The van der Waals surface area contributed by atoms with Crippen molar-refractivity contribution in [2.45, 2.75) is 64.6 Å². The molecule has 24 heavy (non-hydrogen) atoms. The molecule has 2 bridgehead atoms. The van der Waals surface area contributed by atoms with Gasteiger partial charge in [0, 0.05) is 18.2 Å². The second-order valence-electron chi connectivity index (χ2n) is 7.61. The van der Waals surface area contributed by atoms with Gasteiger partial charge in [-0.3, -0.25) is 14.9 Å². The van der Waals surface area contributed by atoms with Crippen LogP contribution >= 0.6 is 0 Å². The standard InChI is InChI=1S/C17H23N3O4/c1-10-13(20(22)23)7-8-15(18-10)19-11-5-6-14(19)12(9-11)16(21)24-17(2,3)4/h7-8,11-12,14H,5-6,9H2,1-4H3/t11-,12+,14-/m0/s1. The highest BCUT2D eigenvalue weighted by Gasteiger charge is 2.51. The van der Waals surface area contributed by atoms with Crippen molar-refractivity contribution in [3.05, 3.63) is 27.9 Å². The zero-order chi connectivity index (χ0) is 17.6. The minimum Gasteiger partial charge on any atom is -0.460 e. The van der Waals surface area contributed by atoms with E-state index in [-0.39, 0.29) is 29.7 Å². The van der Waals surface area contributed by atoms with Crippen molar-refractivity contribution in [2.24, 2.45) is 5.92 Å². The Bertz CT molecular complexity index is 683. The highest BCUT2D eigenvalue weighted by molar-refractivity contribution is 5.76. The molecule has 0 amide bonds. The van der Waals surface area contributed by atoms with Gasteiger partial charge >= 0.3 is 5.97 Å². The normalized spacial score (nSPS) is 25.8. The lowest BCUT2D eigenvalue weighted by Gasteiger charge is -2.27. The number of nitro groups is 1. The summed E-state index contributed by atoms with van der Waals surface area (Å²) in [6, 6.07) is 3.50. The molecular weight excluding hydrogens is 310 g/mol. The zero-order valence-electron chi connectivity index (χ0n) is 14.5. The number of anilines is 1. The zero-order valence-corrected chi connectivity index (χ0v) is 14.5. The first kappa shape index (κ1) is 16.7. The first-order valence-electron chi connectivity index (χ1n) is 8.30. The van der Waals surface area contributed by atoms with Crippen LogP contribution in [-0.2, 0) is 9.53 Å². The molecule has 7 heteroatoms. The molecule has 130 valence electrons. The molecule has 1 aromatic rings. The average molecular weight is 333 g/mol. The van der Waals surface area contributed by atoms with E-state index >= 15 is 0 Å². The van der Waals surface area contributed by atoms with Gasteiger partial charge in [0.1, 0.15) is 17.1 Å². The van der Waals surface area contributed by atoms with Crippen molar-refractivity contribution in [1.29, 1.82) is 0 Å². The predicted octanol–water partition coefficient (Wildman–Crippen LogP) is 3.00. The summed E-state index contributed by atoms with van der Waals surface area (Å²) in [6.45, 7) is 7.26. The van der Waals surface area contributed by atoms with Crippen LogP contribution in [0.1, 0.15) is 45.7 Å². The fourth-order valence-corrected chi connectivity index (χ4v) is 3.85. The van der Waals surface area contributed by atoms with Crippen molar-refractivity contribution in [2.75, 3.05) is 4.90 Å². The monoisotopic (exact) mass is 333 g/mol. The number of carbonyl (C=O) groups excluding carboxylic acids is 1. The number of nitrogens with zero attached hydrogens (tertiary/aromatic N) is 3. The van der Waals surface area contributed by atoms with E-state index < -0.39 is 10.5 Å². The fourth-order valence-electron chi connectivity index (χ4n) is 3.85. The van der Waals surface area contributed by atoms with Crippen molar-refractivity contribution >= 4 is 17.5 Å². The number of hydrogen-bond donors (Lipinski definition) is 0. The molecule has 2 aliphatic rings. The van der Waals surface area contributed by atoms with Gasteiger partial charge in [-0.2, -0.15) is 0 Å². The van der Waals surface area contributed by atoms with Gasteiger partial charge in [-0.05, 0) is 53.0 Å². The molecule has 2 aliphatic heterocycles. The highest BCUT2D eigenvalue weighted by Crippen LogP contribution is 2.45. The molecular formula is C17H23N3O4. The number of aromatic nitrogens is 1. The number of fused-ring (bicyclic) bond motifs is 2. The number of pyridine rings is 1.